The Morgan fingerprint density at radius 1 is 1.15 bits per heavy atom. The summed E-state index contributed by atoms with van der Waals surface area (Å²) in [6.45, 7) is 0.0645. The maximum Gasteiger partial charge on any atom is 0.350 e. The van der Waals surface area contributed by atoms with Crippen LogP contribution in [0.4, 0.5) is 4.39 Å². The number of nitrogens with one attached hydrogen (secondary N) is 1. The number of rotatable bonds is 5. The van der Waals surface area contributed by atoms with Crippen LogP contribution in [0.1, 0.15) is 5.56 Å². The molecule has 0 aliphatic carbocycles. The van der Waals surface area contributed by atoms with Crippen molar-refractivity contribution in [2.24, 2.45) is 0 Å². The maximum atomic E-state index is 14.3. The van der Waals surface area contributed by atoms with Crippen molar-refractivity contribution in [3.63, 3.8) is 0 Å². The van der Waals surface area contributed by atoms with E-state index in [2.05, 4.69) is 15.3 Å². The molecule has 0 amide bonds. The summed E-state index contributed by atoms with van der Waals surface area (Å²) in [5, 5.41) is 10.8. The van der Waals surface area contributed by atoms with Crippen molar-refractivity contribution in [1.82, 2.24) is 24.5 Å². The Bertz CT molecular complexity index is 1110. The predicted octanol–water partition coefficient (Wildman–Crippen LogP) is 2.62. The summed E-state index contributed by atoms with van der Waals surface area (Å²) in [4.78, 5) is 12.6. The van der Waals surface area contributed by atoms with Gasteiger partial charge in [-0.25, -0.2) is 9.18 Å². The van der Waals surface area contributed by atoms with Crippen molar-refractivity contribution in [3.8, 4) is 22.6 Å². The lowest BCUT2D eigenvalue weighted by atomic mass is 10.1. The monoisotopic (exact) mass is 365 g/mol. The third kappa shape index (κ3) is 3.12. The Hall–Kier alpha value is -3.68. The highest BCUT2D eigenvalue weighted by molar-refractivity contribution is 5.62. The van der Waals surface area contributed by atoms with Gasteiger partial charge in [0, 0.05) is 17.3 Å². The van der Waals surface area contributed by atoms with Gasteiger partial charge in [-0.15, -0.1) is 0 Å². The molecular formula is C19H16FN5O2. The first-order valence-corrected chi connectivity index (χ1v) is 8.23. The zero-order chi connectivity index (χ0) is 18.8. The van der Waals surface area contributed by atoms with E-state index in [0.717, 1.165) is 11.1 Å². The first-order valence-electron chi connectivity index (χ1n) is 8.23. The fourth-order valence-corrected chi connectivity index (χ4v) is 2.84. The van der Waals surface area contributed by atoms with E-state index >= 15 is 0 Å². The van der Waals surface area contributed by atoms with Gasteiger partial charge in [-0.2, -0.15) is 14.9 Å². The SMILES string of the molecule is COc1cccc(Cn2cnn(-c3ccc(-c4cn[nH]c4)cc3)c2=O)c1F. The molecule has 1 N–H and O–H groups in total. The highest BCUT2D eigenvalue weighted by Crippen LogP contribution is 2.21. The molecule has 0 saturated heterocycles. The molecule has 0 fully saturated rings. The number of nitrogens with zero attached hydrogens (tertiary/aromatic N) is 4. The summed E-state index contributed by atoms with van der Waals surface area (Å²) in [5.74, 6) is -0.341. The van der Waals surface area contributed by atoms with Gasteiger partial charge in [0.25, 0.3) is 0 Å². The number of methoxy groups -OCH3 is 1. The number of halogens is 1. The van der Waals surface area contributed by atoms with E-state index in [4.69, 9.17) is 4.74 Å². The van der Waals surface area contributed by atoms with Crippen molar-refractivity contribution >= 4 is 0 Å². The molecular weight excluding hydrogens is 349 g/mol. The Labute approximate surface area is 153 Å². The van der Waals surface area contributed by atoms with Gasteiger partial charge in [-0.05, 0) is 23.8 Å². The molecule has 0 radical (unpaired) electrons. The summed E-state index contributed by atoms with van der Waals surface area (Å²) in [6.07, 6.45) is 4.91. The van der Waals surface area contributed by atoms with Crippen LogP contribution in [0.25, 0.3) is 16.8 Å². The normalized spacial score (nSPS) is 10.9. The van der Waals surface area contributed by atoms with Crippen molar-refractivity contribution in [1.29, 1.82) is 0 Å². The van der Waals surface area contributed by atoms with Crippen molar-refractivity contribution in [2.45, 2.75) is 6.54 Å². The molecule has 0 saturated carbocycles. The zero-order valence-electron chi connectivity index (χ0n) is 14.5. The average Bonchev–Trinajstić information content (AvgIpc) is 3.35. The quantitative estimate of drug-likeness (QED) is 0.590. The van der Waals surface area contributed by atoms with Gasteiger partial charge in [-0.1, -0.05) is 24.3 Å². The lowest BCUT2D eigenvalue weighted by Gasteiger charge is -2.07. The van der Waals surface area contributed by atoms with Gasteiger partial charge in [-0.3, -0.25) is 9.67 Å². The van der Waals surface area contributed by atoms with Gasteiger partial charge in [0.1, 0.15) is 6.33 Å². The fraction of sp³-hybridized carbons (Fsp3) is 0.105. The van der Waals surface area contributed by atoms with Crippen LogP contribution in [-0.2, 0) is 6.54 Å². The number of benzene rings is 2. The molecule has 8 heteroatoms. The first kappa shape index (κ1) is 16.8. The maximum absolute atomic E-state index is 14.3. The molecule has 7 nitrogen and oxygen atoms in total. The summed E-state index contributed by atoms with van der Waals surface area (Å²) in [6, 6.07) is 12.2. The zero-order valence-corrected chi connectivity index (χ0v) is 14.5. The number of hydrogen-bond acceptors (Lipinski definition) is 4. The number of H-pyrrole nitrogens is 1. The Morgan fingerprint density at radius 3 is 2.67 bits per heavy atom. The third-order valence-corrected chi connectivity index (χ3v) is 4.28. The molecule has 0 bridgehead atoms. The fourth-order valence-electron chi connectivity index (χ4n) is 2.84. The number of ether oxygens (including phenoxy) is 1. The smallest absolute Gasteiger partial charge is 0.350 e. The second-order valence-corrected chi connectivity index (χ2v) is 5.92. The summed E-state index contributed by atoms with van der Waals surface area (Å²) in [5.41, 5.74) is 2.54. The summed E-state index contributed by atoms with van der Waals surface area (Å²) in [7, 11) is 1.40. The van der Waals surface area contributed by atoms with Crippen LogP contribution in [-0.4, -0.2) is 31.7 Å². The van der Waals surface area contributed by atoms with Crippen LogP contribution in [0.2, 0.25) is 0 Å². The molecule has 0 spiro atoms. The molecule has 136 valence electrons. The lowest BCUT2D eigenvalue weighted by Crippen LogP contribution is -2.24. The number of aromatic nitrogens is 5. The van der Waals surface area contributed by atoms with Crippen LogP contribution < -0.4 is 10.4 Å². The van der Waals surface area contributed by atoms with Gasteiger partial charge >= 0.3 is 5.69 Å². The molecule has 27 heavy (non-hydrogen) atoms. The minimum Gasteiger partial charge on any atom is -0.494 e. The third-order valence-electron chi connectivity index (χ3n) is 4.28. The van der Waals surface area contributed by atoms with Gasteiger partial charge in [0.2, 0.25) is 0 Å². The highest BCUT2D eigenvalue weighted by atomic mass is 19.1. The van der Waals surface area contributed by atoms with Crippen LogP contribution in [0, 0.1) is 5.82 Å². The Morgan fingerprint density at radius 2 is 1.96 bits per heavy atom. The molecule has 2 aromatic carbocycles. The minimum absolute atomic E-state index is 0.0645. The van der Waals surface area contributed by atoms with Crippen molar-refractivity contribution in [3.05, 3.63) is 83.1 Å². The molecule has 0 atom stereocenters. The van der Waals surface area contributed by atoms with Crippen LogP contribution in [0.3, 0.4) is 0 Å². The predicted molar refractivity (Wildman–Crippen MR) is 97.5 cm³/mol. The topological polar surface area (TPSA) is 77.7 Å². The van der Waals surface area contributed by atoms with Crippen molar-refractivity contribution in [2.75, 3.05) is 7.11 Å². The molecule has 4 rings (SSSR count). The minimum atomic E-state index is -0.482. The number of hydrogen-bond donors (Lipinski definition) is 1. The van der Waals surface area contributed by atoms with Crippen LogP contribution in [0.15, 0.2) is 66.0 Å². The van der Waals surface area contributed by atoms with Crippen molar-refractivity contribution < 1.29 is 9.13 Å². The average molecular weight is 365 g/mol. The van der Waals surface area contributed by atoms with E-state index in [-0.39, 0.29) is 18.0 Å². The molecule has 0 aliphatic rings. The van der Waals surface area contributed by atoms with E-state index in [1.54, 1.807) is 36.7 Å². The molecule has 0 aliphatic heterocycles. The number of aromatic amines is 1. The largest absolute Gasteiger partial charge is 0.494 e. The Balaban J connectivity index is 1.62. The molecule has 0 unspecified atom stereocenters. The van der Waals surface area contributed by atoms with E-state index in [0.29, 0.717) is 11.3 Å². The van der Waals surface area contributed by atoms with Gasteiger partial charge in [0.15, 0.2) is 11.6 Å². The molecule has 2 aromatic heterocycles. The summed E-state index contributed by atoms with van der Waals surface area (Å²) < 4.78 is 21.9. The second kappa shape index (κ2) is 6.91. The van der Waals surface area contributed by atoms with Gasteiger partial charge in [0.05, 0.1) is 25.5 Å². The highest BCUT2D eigenvalue weighted by Gasteiger charge is 2.12. The van der Waals surface area contributed by atoms with E-state index in [1.807, 2.05) is 12.1 Å². The lowest BCUT2D eigenvalue weighted by molar-refractivity contribution is 0.383. The molecule has 4 aromatic rings. The summed E-state index contributed by atoms with van der Waals surface area (Å²) >= 11 is 0. The first-order chi connectivity index (χ1) is 13.2. The van der Waals surface area contributed by atoms with Gasteiger partial charge < -0.3 is 4.74 Å². The van der Waals surface area contributed by atoms with E-state index in [1.165, 1.54) is 28.8 Å². The van der Waals surface area contributed by atoms with E-state index in [9.17, 15) is 9.18 Å². The Kier molecular flexibility index (Phi) is 4.29. The second-order valence-electron chi connectivity index (χ2n) is 5.92. The molecule has 2 heterocycles. The van der Waals surface area contributed by atoms with Crippen LogP contribution >= 0.6 is 0 Å². The van der Waals surface area contributed by atoms with Crippen LogP contribution in [0.5, 0.6) is 5.75 Å². The van der Waals surface area contributed by atoms with E-state index < -0.39 is 5.82 Å². The standard InChI is InChI=1S/C19H16FN5O2/c1-27-17-4-2-3-14(18(17)20)11-24-12-23-25(19(24)26)16-7-5-13(6-8-16)15-9-21-22-10-15/h2-10,12H,11H2,1H3,(H,21,22).